The molecule has 0 aromatic heterocycles. The van der Waals surface area contributed by atoms with Crippen molar-refractivity contribution in [3.63, 3.8) is 0 Å². The minimum Gasteiger partial charge on any atom is -0.481 e. The first-order valence-corrected chi connectivity index (χ1v) is 6.45. The average molecular weight is 254 g/mol. The van der Waals surface area contributed by atoms with Crippen molar-refractivity contribution in [2.75, 3.05) is 0 Å². The SMILES string of the molecule is C=CCC(C)NC(=O)NC1CCCCC1C(=O)O. The van der Waals surface area contributed by atoms with Crippen LogP contribution in [0.25, 0.3) is 0 Å². The van der Waals surface area contributed by atoms with Gasteiger partial charge in [0.05, 0.1) is 5.92 Å². The second kappa shape index (κ2) is 7.03. The molecule has 1 aliphatic carbocycles. The predicted octanol–water partition coefficient (Wildman–Crippen LogP) is 1.89. The fourth-order valence-electron chi connectivity index (χ4n) is 2.34. The minimum absolute atomic E-state index is 0.00867. The van der Waals surface area contributed by atoms with Crippen molar-refractivity contribution in [1.82, 2.24) is 10.6 Å². The molecule has 0 spiro atoms. The van der Waals surface area contributed by atoms with Crippen LogP contribution in [0.1, 0.15) is 39.0 Å². The lowest BCUT2D eigenvalue weighted by Gasteiger charge is -2.29. The molecule has 3 N–H and O–H groups in total. The molecule has 5 heteroatoms. The number of hydrogen-bond donors (Lipinski definition) is 3. The molecule has 0 aliphatic heterocycles. The first-order chi connectivity index (χ1) is 8.54. The Morgan fingerprint density at radius 1 is 1.44 bits per heavy atom. The number of carboxylic acids is 1. The van der Waals surface area contributed by atoms with Crippen molar-refractivity contribution < 1.29 is 14.7 Å². The molecule has 1 saturated carbocycles. The van der Waals surface area contributed by atoms with Gasteiger partial charge in [0.15, 0.2) is 0 Å². The number of carbonyl (C=O) groups excluding carboxylic acids is 1. The summed E-state index contributed by atoms with van der Waals surface area (Å²) >= 11 is 0. The second-order valence-corrected chi connectivity index (χ2v) is 4.88. The van der Waals surface area contributed by atoms with E-state index in [9.17, 15) is 9.59 Å². The lowest BCUT2D eigenvalue weighted by molar-refractivity contribution is -0.143. The Bertz CT molecular complexity index is 317. The van der Waals surface area contributed by atoms with Gasteiger partial charge in [-0.3, -0.25) is 4.79 Å². The molecule has 18 heavy (non-hydrogen) atoms. The van der Waals surface area contributed by atoms with E-state index in [2.05, 4.69) is 17.2 Å². The van der Waals surface area contributed by atoms with E-state index >= 15 is 0 Å². The Labute approximate surface area is 108 Å². The maximum Gasteiger partial charge on any atom is 0.315 e. The van der Waals surface area contributed by atoms with Gasteiger partial charge in [0, 0.05) is 12.1 Å². The van der Waals surface area contributed by atoms with Crippen LogP contribution in [0.3, 0.4) is 0 Å². The van der Waals surface area contributed by atoms with E-state index in [0.29, 0.717) is 12.8 Å². The number of aliphatic carboxylic acids is 1. The highest BCUT2D eigenvalue weighted by atomic mass is 16.4. The van der Waals surface area contributed by atoms with E-state index in [4.69, 9.17) is 5.11 Å². The third kappa shape index (κ3) is 4.39. The number of carboxylic acid groups (broad SMARTS) is 1. The normalized spacial score (nSPS) is 24.9. The topological polar surface area (TPSA) is 78.4 Å². The van der Waals surface area contributed by atoms with E-state index in [1.807, 2.05) is 6.92 Å². The van der Waals surface area contributed by atoms with Crippen molar-refractivity contribution in [3.8, 4) is 0 Å². The van der Waals surface area contributed by atoms with E-state index < -0.39 is 11.9 Å². The van der Waals surface area contributed by atoms with Gasteiger partial charge in [-0.05, 0) is 26.2 Å². The minimum atomic E-state index is -0.820. The molecule has 0 bridgehead atoms. The van der Waals surface area contributed by atoms with Crippen LogP contribution in [-0.2, 0) is 4.79 Å². The summed E-state index contributed by atoms with van der Waals surface area (Å²) in [6.45, 7) is 5.50. The number of urea groups is 1. The van der Waals surface area contributed by atoms with Crippen LogP contribution in [0.15, 0.2) is 12.7 Å². The van der Waals surface area contributed by atoms with E-state index in [1.54, 1.807) is 6.08 Å². The van der Waals surface area contributed by atoms with Gasteiger partial charge in [-0.15, -0.1) is 6.58 Å². The van der Waals surface area contributed by atoms with Crippen molar-refractivity contribution in [2.45, 2.75) is 51.1 Å². The van der Waals surface area contributed by atoms with Gasteiger partial charge in [0.2, 0.25) is 0 Å². The summed E-state index contributed by atoms with van der Waals surface area (Å²) in [4.78, 5) is 22.8. The molecule has 0 saturated heterocycles. The molecule has 2 amide bonds. The van der Waals surface area contributed by atoms with Gasteiger partial charge in [0.25, 0.3) is 0 Å². The van der Waals surface area contributed by atoms with Crippen LogP contribution in [0, 0.1) is 5.92 Å². The van der Waals surface area contributed by atoms with Gasteiger partial charge >= 0.3 is 12.0 Å². The second-order valence-electron chi connectivity index (χ2n) is 4.88. The molecule has 0 radical (unpaired) electrons. The lowest BCUT2D eigenvalue weighted by Crippen LogP contribution is -2.50. The molecule has 0 aromatic carbocycles. The van der Waals surface area contributed by atoms with Crippen LogP contribution < -0.4 is 10.6 Å². The highest BCUT2D eigenvalue weighted by Gasteiger charge is 2.31. The molecule has 0 aromatic rings. The summed E-state index contributed by atoms with van der Waals surface area (Å²) in [5.74, 6) is -1.28. The smallest absolute Gasteiger partial charge is 0.315 e. The summed E-state index contributed by atoms with van der Waals surface area (Å²) in [5, 5.41) is 14.7. The van der Waals surface area contributed by atoms with Crippen LogP contribution in [-0.4, -0.2) is 29.2 Å². The fourth-order valence-corrected chi connectivity index (χ4v) is 2.34. The number of carbonyl (C=O) groups is 2. The Morgan fingerprint density at radius 3 is 2.72 bits per heavy atom. The molecule has 1 fully saturated rings. The predicted molar refractivity (Wildman–Crippen MR) is 69.3 cm³/mol. The number of amides is 2. The molecule has 102 valence electrons. The average Bonchev–Trinajstić information content (AvgIpc) is 2.29. The monoisotopic (exact) mass is 254 g/mol. The van der Waals surface area contributed by atoms with Gasteiger partial charge in [0.1, 0.15) is 0 Å². The summed E-state index contributed by atoms with van der Waals surface area (Å²) < 4.78 is 0. The largest absolute Gasteiger partial charge is 0.481 e. The zero-order chi connectivity index (χ0) is 13.5. The number of nitrogens with one attached hydrogen (secondary N) is 2. The highest BCUT2D eigenvalue weighted by molar-refractivity contribution is 5.77. The Hall–Kier alpha value is -1.52. The number of hydrogen-bond acceptors (Lipinski definition) is 2. The standard InChI is InChI=1S/C13H22N2O3/c1-3-6-9(2)14-13(18)15-11-8-5-4-7-10(11)12(16)17/h3,9-11H,1,4-8H2,2H3,(H,16,17)(H2,14,15,18). The third-order valence-electron chi connectivity index (χ3n) is 3.30. The van der Waals surface area contributed by atoms with Crippen LogP contribution in [0.2, 0.25) is 0 Å². The zero-order valence-electron chi connectivity index (χ0n) is 10.8. The maximum atomic E-state index is 11.7. The molecule has 3 atom stereocenters. The van der Waals surface area contributed by atoms with E-state index in [1.165, 1.54) is 0 Å². The molecule has 1 rings (SSSR count). The molecule has 1 aliphatic rings. The molecular weight excluding hydrogens is 232 g/mol. The fraction of sp³-hybridized carbons (Fsp3) is 0.692. The van der Waals surface area contributed by atoms with E-state index in [0.717, 1.165) is 19.3 Å². The van der Waals surface area contributed by atoms with Gasteiger partial charge in [-0.2, -0.15) is 0 Å². The summed E-state index contributed by atoms with van der Waals surface area (Å²) in [7, 11) is 0. The molecular formula is C13H22N2O3. The first-order valence-electron chi connectivity index (χ1n) is 6.45. The van der Waals surface area contributed by atoms with Gasteiger partial charge in [-0.1, -0.05) is 18.9 Å². The Morgan fingerprint density at radius 2 is 2.11 bits per heavy atom. The summed E-state index contributed by atoms with van der Waals surface area (Å²) in [5.41, 5.74) is 0. The maximum absolute atomic E-state index is 11.7. The molecule has 3 unspecified atom stereocenters. The van der Waals surface area contributed by atoms with E-state index in [-0.39, 0.29) is 18.1 Å². The summed E-state index contributed by atoms with van der Waals surface area (Å²) in [6, 6.07) is -0.538. The van der Waals surface area contributed by atoms with Crippen LogP contribution >= 0.6 is 0 Å². The van der Waals surface area contributed by atoms with Gasteiger partial charge in [-0.25, -0.2) is 4.79 Å². The number of rotatable bonds is 5. The Kier molecular flexibility index (Phi) is 5.68. The van der Waals surface area contributed by atoms with Crippen LogP contribution in [0.5, 0.6) is 0 Å². The first kappa shape index (κ1) is 14.5. The Balaban J connectivity index is 2.46. The van der Waals surface area contributed by atoms with Crippen molar-refractivity contribution in [2.24, 2.45) is 5.92 Å². The lowest BCUT2D eigenvalue weighted by atomic mass is 9.84. The highest BCUT2D eigenvalue weighted by Crippen LogP contribution is 2.24. The van der Waals surface area contributed by atoms with Gasteiger partial charge < -0.3 is 15.7 Å². The quantitative estimate of drug-likeness (QED) is 0.656. The van der Waals surface area contributed by atoms with Crippen molar-refractivity contribution >= 4 is 12.0 Å². The molecule has 0 heterocycles. The summed E-state index contributed by atoms with van der Waals surface area (Å²) in [6.07, 6.45) is 5.70. The third-order valence-corrected chi connectivity index (χ3v) is 3.30. The molecule has 5 nitrogen and oxygen atoms in total. The van der Waals surface area contributed by atoms with Crippen molar-refractivity contribution in [1.29, 1.82) is 0 Å². The zero-order valence-corrected chi connectivity index (χ0v) is 10.8. The van der Waals surface area contributed by atoms with Crippen molar-refractivity contribution in [3.05, 3.63) is 12.7 Å². The van der Waals surface area contributed by atoms with Crippen LogP contribution in [0.4, 0.5) is 4.79 Å².